The maximum absolute atomic E-state index is 14.1. The number of anilines is 2. The van der Waals surface area contributed by atoms with Crippen LogP contribution in [0, 0.1) is 11.7 Å². The standard InChI is InChI=1S/C23H26FN3O5S/c1-32-20-10-9-17(14-21(20)33(30,31)26-11-5-2-6-12-26)25-23(29)16-13-22(28)27(15-16)19-8-4-3-7-18(19)24/h3-4,7-10,14,16H,2,5-6,11-13,15H2,1H3,(H,25,29)/t16-/m0/s1. The van der Waals surface area contributed by atoms with E-state index in [9.17, 15) is 22.4 Å². The molecule has 2 aromatic rings. The summed E-state index contributed by atoms with van der Waals surface area (Å²) >= 11 is 0. The number of ether oxygens (including phenoxy) is 1. The van der Waals surface area contributed by atoms with Gasteiger partial charge < -0.3 is 15.0 Å². The van der Waals surface area contributed by atoms with Crippen LogP contribution in [0.25, 0.3) is 0 Å². The number of hydrogen-bond acceptors (Lipinski definition) is 5. The van der Waals surface area contributed by atoms with Gasteiger partial charge >= 0.3 is 0 Å². The molecule has 2 aliphatic rings. The number of benzene rings is 2. The smallest absolute Gasteiger partial charge is 0.246 e. The Hall–Kier alpha value is -2.98. The first-order valence-corrected chi connectivity index (χ1v) is 12.3. The second-order valence-corrected chi connectivity index (χ2v) is 10.1. The zero-order valence-corrected chi connectivity index (χ0v) is 19.1. The summed E-state index contributed by atoms with van der Waals surface area (Å²) in [5, 5.41) is 2.71. The van der Waals surface area contributed by atoms with Crippen molar-refractivity contribution in [1.82, 2.24) is 4.31 Å². The average Bonchev–Trinajstić information content (AvgIpc) is 3.21. The van der Waals surface area contributed by atoms with Crippen molar-refractivity contribution in [1.29, 1.82) is 0 Å². The molecule has 0 bridgehead atoms. The van der Waals surface area contributed by atoms with Crippen LogP contribution in [0.5, 0.6) is 5.75 Å². The summed E-state index contributed by atoms with van der Waals surface area (Å²) < 4.78 is 47.2. The highest BCUT2D eigenvalue weighted by molar-refractivity contribution is 7.89. The van der Waals surface area contributed by atoms with Crippen molar-refractivity contribution >= 4 is 33.2 Å². The molecule has 0 aliphatic carbocycles. The quantitative estimate of drug-likeness (QED) is 0.693. The van der Waals surface area contributed by atoms with Crippen molar-refractivity contribution in [2.75, 3.05) is 37.0 Å². The molecule has 1 N–H and O–H groups in total. The largest absolute Gasteiger partial charge is 0.495 e. The van der Waals surface area contributed by atoms with Gasteiger partial charge in [0.05, 0.1) is 18.7 Å². The predicted octanol–water partition coefficient (Wildman–Crippen LogP) is 3.00. The van der Waals surface area contributed by atoms with E-state index < -0.39 is 27.7 Å². The minimum absolute atomic E-state index is 0.0137. The van der Waals surface area contributed by atoms with Gasteiger partial charge in [-0.15, -0.1) is 0 Å². The number of nitrogens with zero attached hydrogens (tertiary/aromatic N) is 2. The maximum Gasteiger partial charge on any atom is 0.246 e. The highest BCUT2D eigenvalue weighted by atomic mass is 32.2. The van der Waals surface area contributed by atoms with Gasteiger partial charge in [-0.1, -0.05) is 18.6 Å². The van der Waals surface area contributed by atoms with E-state index in [1.807, 2.05) is 0 Å². The lowest BCUT2D eigenvalue weighted by molar-refractivity contribution is -0.122. The number of carbonyl (C=O) groups is 2. The van der Waals surface area contributed by atoms with Crippen LogP contribution in [0.1, 0.15) is 25.7 Å². The fourth-order valence-electron chi connectivity index (χ4n) is 4.23. The number of carbonyl (C=O) groups excluding carboxylic acids is 2. The number of methoxy groups -OCH3 is 1. The fraction of sp³-hybridized carbons (Fsp3) is 0.391. The number of hydrogen-bond donors (Lipinski definition) is 1. The van der Waals surface area contributed by atoms with E-state index in [4.69, 9.17) is 4.74 Å². The molecule has 2 aromatic carbocycles. The van der Waals surface area contributed by atoms with Gasteiger partial charge in [0.25, 0.3) is 0 Å². The summed E-state index contributed by atoms with van der Waals surface area (Å²) in [7, 11) is -2.39. The molecule has 2 amide bonds. The minimum atomic E-state index is -3.79. The third-order valence-electron chi connectivity index (χ3n) is 6.00. The number of piperidine rings is 1. The number of rotatable bonds is 6. The van der Waals surface area contributed by atoms with Crippen LogP contribution in [-0.4, -0.2) is 51.3 Å². The van der Waals surface area contributed by atoms with Crippen LogP contribution in [0.2, 0.25) is 0 Å². The number of halogens is 1. The van der Waals surface area contributed by atoms with E-state index in [0.717, 1.165) is 19.3 Å². The number of sulfonamides is 1. The molecule has 1 atom stereocenters. The second-order valence-electron chi connectivity index (χ2n) is 8.18. The molecule has 2 heterocycles. The first-order valence-electron chi connectivity index (χ1n) is 10.8. The minimum Gasteiger partial charge on any atom is -0.495 e. The van der Waals surface area contributed by atoms with E-state index in [1.165, 1.54) is 46.6 Å². The van der Waals surface area contributed by atoms with Crippen LogP contribution in [0.4, 0.5) is 15.8 Å². The van der Waals surface area contributed by atoms with E-state index in [2.05, 4.69) is 5.32 Å². The highest BCUT2D eigenvalue weighted by Gasteiger charge is 2.36. The molecule has 8 nitrogen and oxygen atoms in total. The topological polar surface area (TPSA) is 96.0 Å². The summed E-state index contributed by atoms with van der Waals surface area (Å²) in [5.74, 6) is -1.81. The Morgan fingerprint density at radius 1 is 1.12 bits per heavy atom. The van der Waals surface area contributed by atoms with E-state index in [0.29, 0.717) is 13.1 Å². The van der Waals surface area contributed by atoms with Gasteiger partial charge in [-0.2, -0.15) is 4.31 Å². The lowest BCUT2D eigenvalue weighted by Crippen LogP contribution is -2.35. The average molecular weight is 476 g/mol. The first-order chi connectivity index (χ1) is 15.8. The van der Waals surface area contributed by atoms with Crippen LogP contribution in [0.15, 0.2) is 47.4 Å². The molecule has 10 heteroatoms. The zero-order valence-electron chi connectivity index (χ0n) is 18.3. The summed E-state index contributed by atoms with van der Waals surface area (Å²) in [6.45, 7) is 0.928. The summed E-state index contributed by atoms with van der Waals surface area (Å²) in [6.07, 6.45) is 2.52. The SMILES string of the molecule is COc1ccc(NC(=O)[C@H]2CC(=O)N(c3ccccc3F)C2)cc1S(=O)(=O)N1CCCCC1. The fourth-order valence-corrected chi connectivity index (χ4v) is 5.93. The predicted molar refractivity (Wildman–Crippen MR) is 121 cm³/mol. The Kier molecular flexibility index (Phi) is 6.66. The normalized spacial score (nSPS) is 19.5. The maximum atomic E-state index is 14.1. The molecule has 0 saturated carbocycles. The van der Waals surface area contributed by atoms with Crippen LogP contribution < -0.4 is 15.0 Å². The number of para-hydroxylation sites is 1. The molecule has 4 rings (SSSR count). The second kappa shape index (κ2) is 9.48. The Morgan fingerprint density at radius 3 is 2.55 bits per heavy atom. The van der Waals surface area contributed by atoms with E-state index >= 15 is 0 Å². The van der Waals surface area contributed by atoms with Crippen molar-refractivity contribution in [2.24, 2.45) is 5.92 Å². The van der Waals surface area contributed by atoms with Crippen LogP contribution in [0.3, 0.4) is 0 Å². The van der Waals surface area contributed by atoms with Gasteiger partial charge in [-0.3, -0.25) is 9.59 Å². The van der Waals surface area contributed by atoms with Crippen molar-refractivity contribution in [2.45, 2.75) is 30.6 Å². The van der Waals surface area contributed by atoms with Crippen molar-refractivity contribution in [3.63, 3.8) is 0 Å². The first kappa shape index (κ1) is 23.2. The zero-order chi connectivity index (χ0) is 23.6. The van der Waals surface area contributed by atoms with Crippen molar-refractivity contribution < 1.29 is 27.1 Å². The van der Waals surface area contributed by atoms with Crippen molar-refractivity contribution in [3.05, 3.63) is 48.3 Å². The summed E-state index contributed by atoms with van der Waals surface area (Å²) in [4.78, 5) is 26.5. The van der Waals surface area contributed by atoms with Crippen LogP contribution >= 0.6 is 0 Å². The molecule has 0 spiro atoms. The Bertz CT molecular complexity index is 1160. The summed E-state index contributed by atoms with van der Waals surface area (Å²) in [6, 6.07) is 10.3. The van der Waals surface area contributed by atoms with Crippen molar-refractivity contribution in [3.8, 4) is 5.75 Å². The molecular formula is C23H26FN3O5S. The molecule has 2 aliphatic heterocycles. The van der Waals surface area contributed by atoms with E-state index in [1.54, 1.807) is 12.1 Å². The Balaban J connectivity index is 1.52. The Labute approximate surface area is 192 Å². The van der Waals surface area contributed by atoms with Gasteiger partial charge in [-0.25, -0.2) is 12.8 Å². The summed E-state index contributed by atoms with van der Waals surface area (Å²) in [5.41, 5.74) is 0.422. The van der Waals surface area contributed by atoms with E-state index in [-0.39, 0.29) is 40.9 Å². The van der Waals surface area contributed by atoms with Gasteiger partial charge in [0.2, 0.25) is 21.8 Å². The highest BCUT2D eigenvalue weighted by Crippen LogP contribution is 2.32. The van der Waals surface area contributed by atoms with Gasteiger partial charge in [0, 0.05) is 31.7 Å². The molecule has 0 aromatic heterocycles. The molecule has 0 unspecified atom stereocenters. The Morgan fingerprint density at radius 2 is 1.85 bits per heavy atom. The van der Waals surface area contributed by atoms with Gasteiger partial charge in [0.15, 0.2) is 0 Å². The van der Waals surface area contributed by atoms with Gasteiger partial charge in [0.1, 0.15) is 16.5 Å². The molecule has 176 valence electrons. The molecule has 2 fully saturated rings. The lowest BCUT2D eigenvalue weighted by Gasteiger charge is -2.26. The lowest BCUT2D eigenvalue weighted by atomic mass is 10.1. The third kappa shape index (κ3) is 4.72. The number of amides is 2. The monoisotopic (exact) mass is 475 g/mol. The molecular weight excluding hydrogens is 449 g/mol. The molecule has 2 saturated heterocycles. The number of nitrogens with one attached hydrogen (secondary N) is 1. The molecule has 33 heavy (non-hydrogen) atoms. The third-order valence-corrected chi connectivity index (χ3v) is 7.92. The van der Waals surface area contributed by atoms with Gasteiger partial charge in [-0.05, 0) is 43.2 Å². The van der Waals surface area contributed by atoms with Crippen LogP contribution in [-0.2, 0) is 19.6 Å². The molecule has 0 radical (unpaired) electrons.